The lowest BCUT2D eigenvalue weighted by Gasteiger charge is -2.19. The third kappa shape index (κ3) is 3.90. The third-order valence-electron chi connectivity index (χ3n) is 2.29. The summed E-state index contributed by atoms with van der Waals surface area (Å²) in [5.74, 6) is -0.530. The van der Waals surface area contributed by atoms with Crippen molar-refractivity contribution in [2.75, 3.05) is 19.8 Å². The summed E-state index contributed by atoms with van der Waals surface area (Å²) in [6.07, 6.45) is 0. The molecule has 0 spiro atoms. The van der Waals surface area contributed by atoms with Crippen LogP contribution in [0.5, 0.6) is 0 Å². The smallest absolute Gasteiger partial charge is 0.362 e. The van der Waals surface area contributed by atoms with Crippen LogP contribution in [0.3, 0.4) is 0 Å². The molecule has 19 heavy (non-hydrogen) atoms. The van der Waals surface area contributed by atoms with E-state index in [0.29, 0.717) is 0 Å². The molecule has 0 aliphatic rings. The van der Waals surface area contributed by atoms with Gasteiger partial charge in [0.1, 0.15) is 0 Å². The second-order valence-electron chi connectivity index (χ2n) is 3.57. The first-order valence-corrected chi connectivity index (χ1v) is 7.79. The molecule has 1 rings (SSSR count). The summed E-state index contributed by atoms with van der Waals surface area (Å²) in [7, 11) is -3.49. The summed E-state index contributed by atoms with van der Waals surface area (Å²) in [5, 5.41) is 0.247. The molecular formula is C13H19O5P. The highest BCUT2D eigenvalue weighted by atomic mass is 31.2. The Labute approximate surface area is 113 Å². The fourth-order valence-corrected chi connectivity index (χ4v) is 3.37. The van der Waals surface area contributed by atoms with E-state index in [4.69, 9.17) is 13.8 Å². The molecule has 0 aromatic heterocycles. The zero-order chi connectivity index (χ0) is 14.3. The van der Waals surface area contributed by atoms with Crippen molar-refractivity contribution in [2.24, 2.45) is 0 Å². The molecule has 5 nitrogen and oxygen atoms in total. The molecule has 0 saturated heterocycles. The van der Waals surface area contributed by atoms with E-state index in [-0.39, 0.29) is 30.7 Å². The molecule has 0 atom stereocenters. The molecule has 0 N–H and O–H groups in total. The number of carbonyl (C=O) groups excluding carboxylic acids is 1. The minimum atomic E-state index is -3.49. The lowest BCUT2D eigenvalue weighted by molar-refractivity contribution is 0.0527. The van der Waals surface area contributed by atoms with Crippen LogP contribution in [0, 0.1) is 0 Å². The molecule has 0 amide bonds. The quantitative estimate of drug-likeness (QED) is 0.569. The van der Waals surface area contributed by atoms with Crippen molar-refractivity contribution in [1.29, 1.82) is 0 Å². The first-order chi connectivity index (χ1) is 9.09. The second kappa shape index (κ2) is 7.43. The van der Waals surface area contributed by atoms with E-state index in [1.807, 2.05) is 0 Å². The minimum absolute atomic E-state index is 0.217. The second-order valence-corrected chi connectivity index (χ2v) is 5.56. The molecule has 0 aliphatic carbocycles. The van der Waals surface area contributed by atoms with Crippen LogP contribution in [0.4, 0.5) is 0 Å². The maximum atomic E-state index is 12.7. The van der Waals surface area contributed by atoms with E-state index in [1.54, 1.807) is 45.0 Å². The zero-order valence-corrected chi connectivity index (χ0v) is 12.3. The molecule has 0 radical (unpaired) electrons. The normalized spacial score (nSPS) is 11.3. The summed E-state index contributed by atoms with van der Waals surface area (Å²) >= 11 is 0. The number of ether oxygens (including phenoxy) is 1. The molecule has 0 fully saturated rings. The molecule has 0 aliphatic heterocycles. The number of hydrogen-bond donors (Lipinski definition) is 0. The van der Waals surface area contributed by atoms with Crippen LogP contribution in [0.1, 0.15) is 31.1 Å². The predicted molar refractivity (Wildman–Crippen MR) is 72.9 cm³/mol. The highest BCUT2D eigenvalue weighted by Crippen LogP contribution is 2.47. The van der Waals surface area contributed by atoms with Crippen LogP contribution in [0.25, 0.3) is 0 Å². The summed E-state index contributed by atoms with van der Waals surface area (Å²) < 4.78 is 28.1. The van der Waals surface area contributed by atoms with E-state index in [1.165, 1.54) is 0 Å². The Morgan fingerprint density at radius 3 is 2.16 bits per heavy atom. The number of hydrogen-bond acceptors (Lipinski definition) is 5. The lowest BCUT2D eigenvalue weighted by Crippen LogP contribution is -2.20. The van der Waals surface area contributed by atoms with Crippen molar-refractivity contribution in [3.05, 3.63) is 29.8 Å². The van der Waals surface area contributed by atoms with Crippen LogP contribution in [-0.4, -0.2) is 25.8 Å². The Balaban J connectivity index is 3.23. The van der Waals surface area contributed by atoms with Gasteiger partial charge in [0.15, 0.2) is 0 Å². The SMILES string of the molecule is CCOC(=O)c1ccccc1P(=O)(OCC)OCC. The van der Waals surface area contributed by atoms with Crippen LogP contribution >= 0.6 is 7.60 Å². The monoisotopic (exact) mass is 286 g/mol. The van der Waals surface area contributed by atoms with Crippen molar-refractivity contribution < 1.29 is 23.1 Å². The number of carbonyl (C=O) groups is 1. The van der Waals surface area contributed by atoms with Crippen LogP contribution in [0.2, 0.25) is 0 Å². The van der Waals surface area contributed by atoms with Crippen molar-refractivity contribution >= 4 is 18.9 Å². The largest absolute Gasteiger partial charge is 0.462 e. The van der Waals surface area contributed by atoms with Crippen molar-refractivity contribution in [3.63, 3.8) is 0 Å². The van der Waals surface area contributed by atoms with Crippen molar-refractivity contribution in [3.8, 4) is 0 Å². The summed E-state index contributed by atoms with van der Waals surface area (Å²) in [6, 6.07) is 6.48. The van der Waals surface area contributed by atoms with Crippen LogP contribution in [0.15, 0.2) is 24.3 Å². The van der Waals surface area contributed by atoms with Gasteiger partial charge < -0.3 is 13.8 Å². The van der Waals surface area contributed by atoms with E-state index in [2.05, 4.69) is 0 Å². The van der Waals surface area contributed by atoms with Gasteiger partial charge in [0.2, 0.25) is 0 Å². The van der Waals surface area contributed by atoms with Gasteiger partial charge in [-0.05, 0) is 32.9 Å². The Morgan fingerprint density at radius 2 is 1.63 bits per heavy atom. The first-order valence-electron chi connectivity index (χ1n) is 6.24. The fraction of sp³-hybridized carbons (Fsp3) is 0.462. The topological polar surface area (TPSA) is 61.8 Å². The average molecular weight is 286 g/mol. The fourth-order valence-electron chi connectivity index (χ4n) is 1.61. The van der Waals surface area contributed by atoms with Gasteiger partial charge in [-0.25, -0.2) is 4.79 Å². The Hall–Kier alpha value is -1.16. The van der Waals surface area contributed by atoms with Crippen LogP contribution < -0.4 is 5.30 Å². The number of rotatable bonds is 7. The molecule has 0 saturated carbocycles. The van der Waals surface area contributed by atoms with Crippen molar-refractivity contribution in [1.82, 2.24) is 0 Å². The lowest BCUT2D eigenvalue weighted by atomic mass is 10.2. The molecule has 0 bridgehead atoms. The maximum Gasteiger partial charge on any atom is 0.362 e. The summed E-state index contributed by atoms with van der Waals surface area (Å²) in [6.45, 7) is 5.87. The van der Waals surface area contributed by atoms with E-state index >= 15 is 0 Å². The van der Waals surface area contributed by atoms with Gasteiger partial charge in [0, 0.05) is 0 Å². The first kappa shape index (κ1) is 15.9. The molecule has 1 aromatic rings. The van der Waals surface area contributed by atoms with E-state index in [0.717, 1.165) is 0 Å². The highest BCUT2D eigenvalue weighted by Gasteiger charge is 2.31. The van der Waals surface area contributed by atoms with E-state index in [9.17, 15) is 9.36 Å². The summed E-state index contributed by atoms with van der Waals surface area (Å²) in [5.41, 5.74) is 0.217. The maximum absolute atomic E-state index is 12.7. The van der Waals surface area contributed by atoms with Crippen molar-refractivity contribution in [2.45, 2.75) is 20.8 Å². The summed E-state index contributed by atoms with van der Waals surface area (Å²) in [4.78, 5) is 11.9. The van der Waals surface area contributed by atoms with Gasteiger partial charge in [-0.15, -0.1) is 0 Å². The molecular weight excluding hydrogens is 267 g/mol. The Bertz CT molecular complexity index is 462. The van der Waals surface area contributed by atoms with Gasteiger partial charge >= 0.3 is 13.6 Å². The predicted octanol–water partition coefficient (Wildman–Crippen LogP) is 2.75. The van der Waals surface area contributed by atoms with Crippen LogP contribution in [-0.2, 0) is 18.3 Å². The number of benzene rings is 1. The van der Waals surface area contributed by atoms with Gasteiger partial charge in [0.05, 0.1) is 30.7 Å². The number of esters is 1. The molecule has 0 heterocycles. The molecule has 6 heteroatoms. The average Bonchev–Trinajstić information content (AvgIpc) is 2.39. The third-order valence-corrected chi connectivity index (χ3v) is 4.47. The van der Waals surface area contributed by atoms with Gasteiger partial charge in [-0.2, -0.15) is 0 Å². The minimum Gasteiger partial charge on any atom is -0.462 e. The Morgan fingerprint density at radius 1 is 1.05 bits per heavy atom. The zero-order valence-electron chi connectivity index (χ0n) is 11.4. The molecule has 0 unspecified atom stereocenters. The van der Waals surface area contributed by atoms with Gasteiger partial charge in [-0.1, -0.05) is 12.1 Å². The van der Waals surface area contributed by atoms with Gasteiger partial charge in [-0.3, -0.25) is 4.57 Å². The van der Waals surface area contributed by atoms with E-state index < -0.39 is 13.6 Å². The highest BCUT2D eigenvalue weighted by molar-refractivity contribution is 7.62. The molecule has 1 aromatic carbocycles. The van der Waals surface area contributed by atoms with Gasteiger partial charge in [0.25, 0.3) is 0 Å². The standard InChI is InChI=1S/C13H19O5P/c1-4-16-13(14)11-9-7-8-10-12(11)19(15,17-5-2)18-6-3/h7-10H,4-6H2,1-3H3. The Kier molecular flexibility index (Phi) is 6.22. The molecule has 106 valence electrons.